The molecule has 0 spiro atoms. The van der Waals surface area contributed by atoms with E-state index in [2.05, 4.69) is 15.6 Å². The van der Waals surface area contributed by atoms with Crippen LogP contribution in [-0.4, -0.2) is 29.0 Å². The van der Waals surface area contributed by atoms with Crippen molar-refractivity contribution in [3.8, 4) is 6.07 Å². The predicted octanol–water partition coefficient (Wildman–Crippen LogP) is 2.73. The fourth-order valence-electron chi connectivity index (χ4n) is 3.58. The molecule has 1 aromatic carbocycles. The Morgan fingerprint density at radius 3 is 2.76 bits per heavy atom. The highest BCUT2D eigenvalue weighted by Crippen LogP contribution is 2.29. The summed E-state index contributed by atoms with van der Waals surface area (Å²) < 4.78 is 0. The minimum absolute atomic E-state index is 0.00780. The lowest BCUT2D eigenvalue weighted by molar-refractivity contribution is 0.0931. The lowest BCUT2D eigenvalue weighted by Gasteiger charge is -2.21. The van der Waals surface area contributed by atoms with Crippen molar-refractivity contribution in [1.29, 1.82) is 5.26 Å². The van der Waals surface area contributed by atoms with Gasteiger partial charge in [-0.3, -0.25) is 4.79 Å². The summed E-state index contributed by atoms with van der Waals surface area (Å²) in [6.07, 6.45) is 5.05. The SMILES string of the molecule is N#Cc1cc(Sc2ccc(C(=O)N[C@@H]3C[C@H]4CC[C@@H]3N4)cc2)ccn1. The van der Waals surface area contributed by atoms with Gasteiger partial charge in [0.15, 0.2) is 0 Å². The molecule has 126 valence electrons. The highest BCUT2D eigenvalue weighted by molar-refractivity contribution is 7.99. The quantitative estimate of drug-likeness (QED) is 0.886. The number of pyridine rings is 1. The Labute approximate surface area is 150 Å². The number of carbonyl (C=O) groups is 1. The van der Waals surface area contributed by atoms with E-state index >= 15 is 0 Å². The summed E-state index contributed by atoms with van der Waals surface area (Å²) in [6.45, 7) is 0. The van der Waals surface area contributed by atoms with Gasteiger partial charge in [0.05, 0.1) is 0 Å². The fraction of sp³-hybridized carbons (Fsp3) is 0.316. The number of benzene rings is 1. The summed E-state index contributed by atoms with van der Waals surface area (Å²) in [5, 5.41) is 15.6. The van der Waals surface area contributed by atoms with Crippen LogP contribution in [0.2, 0.25) is 0 Å². The molecule has 3 atom stereocenters. The van der Waals surface area contributed by atoms with Crippen LogP contribution in [0.15, 0.2) is 52.4 Å². The standard InChI is InChI=1S/C19H18N4OS/c20-11-14-9-16(7-8-21-14)25-15-4-1-12(2-5-15)19(24)23-18-10-13-3-6-17(18)22-13/h1-2,4-5,7-9,13,17-18,22H,3,6,10H2,(H,23,24)/t13-,17+,18-/m1/s1. The molecule has 4 rings (SSSR count). The first kappa shape index (κ1) is 16.1. The first-order chi connectivity index (χ1) is 12.2. The molecule has 2 N–H and O–H groups in total. The number of carbonyl (C=O) groups excluding carboxylic acids is 1. The summed E-state index contributed by atoms with van der Waals surface area (Å²) >= 11 is 1.55. The fourth-order valence-corrected chi connectivity index (χ4v) is 4.43. The number of hydrogen-bond donors (Lipinski definition) is 2. The Morgan fingerprint density at radius 1 is 1.24 bits per heavy atom. The lowest BCUT2D eigenvalue weighted by atomic mass is 9.95. The third kappa shape index (κ3) is 3.53. The van der Waals surface area contributed by atoms with E-state index in [0.717, 1.165) is 22.6 Å². The van der Waals surface area contributed by atoms with Crippen molar-refractivity contribution in [2.75, 3.05) is 0 Å². The molecule has 1 amide bonds. The summed E-state index contributed by atoms with van der Waals surface area (Å²) in [7, 11) is 0. The number of rotatable bonds is 4. The zero-order chi connectivity index (χ0) is 17.2. The number of nitriles is 1. The van der Waals surface area contributed by atoms with Crippen LogP contribution in [0.5, 0.6) is 0 Å². The van der Waals surface area contributed by atoms with Crippen molar-refractivity contribution in [2.24, 2.45) is 0 Å². The molecule has 0 radical (unpaired) electrons. The van der Waals surface area contributed by atoms with E-state index in [9.17, 15) is 4.79 Å². The number of hydrogen-bond acceptors (Lipinski definition) is 5. The van der Waals surface area contributed by atoms with Gasteiger partial charge in [0.25, 0.3) is 5.91 Å². The molecular weight excluding hydrogens is 332 g/mol. The van der Waals surface area contributed by atoms with Crippen molar-refractivity contribution >= 4 is 17.7 Å². The minimum Gasteiger partial charge on any atom is -0.348 e. The molecule has 2 aliphatic heterocycles. The molecule has 3 heterocycles. The molecule has 5 nitrogen and oxygen atoms in total. The smallest absolute Gasteiger partial charge is 0.251 e. The Hall–Kier alpha value is -2.36. The normalized spacial score (nSPS) is 24.0. The van der Waals surface area contributed by atoms with Crippen LogP contribution in [0.4, 0.5) is 0 Å². The third-order valence-electron chi connectivity index (χ3n) is 4.81. The van der Waals surface area contributed by atoms with Crippen LogP contribution >= 0.6 is 11.8 Å². The average molecular weight is 350 g/mol. The van der Waals surface area contributed by atoms with E-state index in [1.165, 1.54) is 6.42 Å². The maximum absolute atomic E-state index is 12.4. The van der Waals surface area contributed by atoms with E-state index in [1.807, 2.05) is 36.4 Å². The number of nitrogens with one attached hydrogen (secondary N) is 2. The maximum atomic E-state index is 12.4. The van der Waals surface area contributed by atoms with Crippen LogP contribution in [0.3, 0.4) is 0 Å². The molecule has 2 saturated heterocycles. The number of nitrogens with zero attached hydrogens (tertiary/aromatic N) is 2. The maximum Gasteiger partial charge on any atom is 0.251 e. The zero-order valence-electron chi connectivity index (χ0n) is 13.6. The van der Waals surface area contributed by atoms with Crippen molar-refractivity contribution in [1.82, 2.24) is 15.6 Å². The molecule has 1 aromatic heterocycles. The molecule has 6 heteroatoms. The second-order valence-electron chi connectivity index (χ2n) is 6.48. The van der Waals surface area contributed by atoms with Gasteiger partial charge in [0.1, 0.15) is 11.8 Å². The van der Waals surface area contributed by atoms with E-state index < -0.39 is 0 Å². The van der Waals surface area contributed by atoms with Crippen molar-refractivity contribution in [3.05, 3.63) is 53.9 Å². The first-order valence-corrected chi connectivity index (χ1v) is 9.24. The van der Waals surface area contributed by atoms with Gasteiger partial charge in [-0.05, 0) is 55.7 Å². The number of aromatic nitrogens is 1. The summed E-state index contributed by atoms with van der Waals surface area (Å²) in [6, 6.07) is 14.5. The molecular formula is C19H18N4OS. The van der Waals surface area contributed by atoms with Crippen LogP contribution in [0.25, 0.3) is 0 Å². The summed E-state index contributed by atoms with van der Waals surface area (Å²) in [5.41, 5.74) is 1.08. The molecule has 25 heavy (non-hydrogen) atoms. The Bertz CT molecular complexity index is 830. The summed E-state index contributed by atoms with van der Waals surface area (Å²) in [4.78, 5) is 18.4. The van der Waals surface area contributed by atoms with Gasteiger partial charge in [-0.1, -0.05) is 11.8 Å². The van der Waals surface area contributed by atoms with Crippen LogP contribution in [0, 0.1) is 11.3 Å². The minimum atomic E-state index is -0.00780. The third-order valence-corrected chi connectivity index (χ3v) is 5.81. The van der Waals surface area contributed by atoms with Crippen molar-refractivity contribution < 1.29 is 4.79 Å². The van der Waals surface area contributed by atoms with Crippen LogP contribution in [0.1, 0.15) is 35.3 Å². The van der Waals surface area contributed by atoms with Gasteiger partial charge in [0.2, 0.25) is 0 Å². The van der Waals surface area contributed by atoms with Crippen molar-refractivity contribution in [2.45, 2.75) is 47.2 Å². The molecule has 2 aromatic rings. The second-order valence-corrected chi connectivity index (χ2v) is 7.63. The Kier molecular flexibility index (Phi) is 4.43. The van der Waals surface area contributed by atoms with E-state index in [1.54, 1.807) is 24.0 Å². The van der Waals surface area contributed by atoms with Gasteiger partial charge in [-0.2, -0.15) is 5.26 Å². The second kappa shape index (κ2) is 6.87. The van der Waals surface area contributed by atoms with Crippen LogP contribution in [-0.2, 0) is 0 Å². The monoisotopic (exact) mass is 350 g/mol. The van der Waals surface area contributed by atoms with E-state index in [-0.39, 0.29) is 11.9 Å². The molecule has 2 fully saturated rings. The van der Waals surface area contributed by atoms with Gasteiger partial charge in [0, 0.05) is 39.7 Å². The summed E-state index contributed by atoms with van der Waals surface area (Å²) in [5.74, 6) is -0.00780. The van der Waals surface area contributed by atoms with Crippen molar-refractivity contribution in [3.63, 3.8) is 0 Å². The largest absolute Gasteiger partial charge is 0.348 e. The van der Waals surface area contributed by atoms with E-state index in [0.29, 0.717) is 23.3 Å². The van der Waals surface area contributed by atoms with Gasteiger partial charge in [-0.15, -0.1) is 0 Å². The average Bonchev–Trinajstić information content (AvgIpc) is 3.25. The zero-order valence-corrected chi connectivity index (χ0v) is 14.4. The molecule has 0 unspecified atom stereocenters. The van der Waals surface area contributed by atoms with Gasteiger partial charge in [-0.25, -0.2) is 4.98 Å². The number of fused-ring (bicyclic) bond motifs is 2. The van der Waals surface area contributed by atoms with Gasteiger partial charge < -0.3 is 10.6 Å². The topological polar surface area (TPSA) is 77.8 Å². The van der Waals surface area contributed by atoms with Gasteiger partial charge >= 0.3 is 0 Å². The number of amides is 1. The predicted molar refractivity (Wildman–Crippen MR) is 95.3 cm³/mol. The molecule has 2 aliphatic rings. The molecule has 0 saturated carbocycles. The molecule has 0 aliphatic carbocycles. The molecule has 2 bridgehead atoms. The van der Waals surface area contributed by atoms with E-state index in [4.69, 9.17) is 5.26 Å². The highest BCUT2D eigenvalue weighted by atomic mass is 32.2. The lowest BCUT2D eigenvalue weighted by Crippen LogP contribution is -2.42. The Morgan fingerprint density at radius 2 is 2.08 bits per heavy atom. The first-order valence-electron chi connectivity index (χ1n) is 8.42. The Balaban J connectivity index is 1.39. The van der Waals surface area contributed by atoms with Crippen LogP contribution < -0.4 is 10.6 Å². The highest BCUT2D eigenvalue weighted by Gasteiger charge is 2.39.